The van der Waals surface area contributed by atoms with Crippen LogP contribution in [0.5, 0.6) is 0 Å². The van der Waals surface area contributed by atoms with Crippen LogP contribution in [0, 0.1) is 0 Å². The van der Waals surface area contributed by atoms with Crippen molar-refractivity contribution in [2.75, 3.05) is 5.43 Å². The first kappa shape index (κ1) is 11.2. The summed E-state index contributed by atoms with van der Waals surface area (Å²) in [5.41, 5.74) is 3.88. The minimum absolute atomic E-state index is 0.276. The zero-order chi connectivity index (χ0) is 11.1. The van der Waals surface area contributed by atoms with E-state index in [1.807, 2.05) is 0 Å². The van der Waals surface area contributed by atoms with Crippen LogP contribution in [0.3, 0.4) is 0 Å². The van der Waals surface area contributed by atoms with Gasteiger partial charge in [-0.05, 0) is 30.7 Å². The van der Waals surface area contributed by atoms with Crippen molar-refractivity contribution >= 4 is 17.9 Å². The Bertz CT molecular complexity index is 344. The fourth-order valence-electron chi connectivity index (χ4n) is 1.00. The zero-order valence-corrected chi connectivity index (χ0v) is 8.60. The first-order valence-electron chi connectivity index (χ1n) is 4.85. The smallest absolute Gasteiger partial charge is 0.335 e. The van der Waals surface area contributed by atoms with Gasteiger partial charge in [0.2, 0.25) is 0 Å². The number of nitrogens with one attached hydrogen (secondary N) is 1. The molecule has 1 aromatic carbocycles. The fourth-order valence-corrected chi connectivity index (χ4v) is 1.00. The molecule has 1 rings (SSSR count). The number of carboxylic acid groups (broad SMARTS) is 1. The van der Waals surface area contributed by atoms with Gasteiger partial charge in [-0.3, -0.25) is 5.43 Å². The Balaban J connectivity index is 2.53. The van der Waals surface area contributed by atoms with Crippen LogP contribution in [0.15, 0.2) is 29.4 Å². The summed E-state index contributed by atoms with van der Waals surface area (Å²) in [7, 11) is 0. The van der Waals surface area contributed by atoms with Crippen molar-refractivity contribution in [3.63, 3.8) is 0 Å². The molecule has 0 saturated heterocycles. The number of hydrazone groups is 1. The van der Waals surface area contributed by atoms with Gasteiger partial charge in [-0.1, -0.05) is 13.3 Å². The molecule has 2 N–H and O–H groups in total. The lowest BCUT2D eigenvalue weighted by Crippen LogP contribution is -1.96. The minimum atomic E-state index is -0.920. The molecule has 0 aromatic heterocycles. The van der Waals surface area contributed by atoms with Gasteiger partial charge >= 0.3 is 5.97 Å². The van der Waals surface area contributed by atoms with Crippen molar-refractivity contribution in [2.24, 2.45) is 5.10 Å². The summed E-state index contributed by atoms with van der Waals surface area (Å²) in [5.74, 6) is -0.920. The highest BCUT2D eigenvalue weighted by atomic mass is 16.4. The van der Waals surface area contributed by atoms with Gasteiger partial charge in [0.15, 0.2) is 0 Å². The normalized spacial score (nSPS) is 10.5. The summed E-state index contributed by atoms with van der Waals surface area (Å²) in [6, 6.07) is 6.46. The summed E-state index contributed by atoms with van der Waals surface area (Å²) in [6.45, 7) is 2.08. The van der Waals surface area contributed by atoms with E-state index >= 15 is 0 Å². The molecule has 15 heavy (non-hydrogen) atoms. The maximum atomic E-state index is 10.6. The summed E-state index contributed by atoms with van der Waals surface area (Å²) < 4.78 is 0. The van der Waals surface area contributed by atoms with Crippen LogP contribution in [0.4, 0.5) is 5.69 Å². The van der Waals surface area contributed by atoms with Crippen LogP contribution in [-0.4, -0.2) is 17.3 Å². The molecule has 0 unspecified atom stereocenters. The van der Waals surface area contributed by atoms with Gasteiger partial charge in [0.25, 0.3) is 0 Å². The monoisotopic (exact) mass is 206 g/mol. The predicted molar refractivity (Wildman–Crippen MR) is 60.4 cm³/mol. The van der Waals surface area contributed by atoms with Crippen molar-refractivity contribution in [2.45, 2.75) is 19.8 Å². The van der Waals surface area contributed by atoms with Crippen LogP contribution >= 0.6 is 0 Å². The molecule has 0 spiro atoms. The Hall–Kier alpha value is -1.84. The molecule has 0 radical (unpaired) electrons. The molecule has 1 aromatic rings. The Morgan fingerprint density at radius 3 is 2.67 bits per heavy atom. The number of hydrogen-bond acceptors (Lipinski definition) is 3. The van der Waals surface area contributed by atoms with E-state index in [1.54, 1.807) is 30.5 Å². The summed E-state index contributed by atoms with van der Waals surface area (Å²) in [4.78, 5) is 10.6. The number of hydrogen-bond donors (Lipinski definition) is 2. The fraction of sp³-hybridized carbons (Fsp3) is 0.273. The molecular formula is C11H14N2O2. The van der Waals surface area contributed by atoms with Crippen molar-refractivity contribution in [3.8, 4) is 0 Å². The summed E-state index contributed by atoms with van der Waals surface area (Å²) in [5, 5.41) is 12.7. The van der Waals surface area contributed by atoms with E-state index in [2.05, 4.69) is 17.5 Å². The topological polar surface area (TPSA) is 61.7 Å². The number of anilines is 1. The third kappa shape index (κ3) is 3.81. The van der Waals surface area contributed by atoms with Crippen molar-refractivity contribution < 1.29 is 9.90 Å². The largest absolute Gasteiger partial charge is 0.478 e. The number of rotatable bonds is 5. The minimum Gasteiger partial charge on any atom is -0.478 e. The van der Waals surface area contributed by atoms with E-state index in [0.29, 0.717) is 0 Å². The number of carbonyl (C=O) groups is 1. The van der Waals surface area contributed by atoms with Crippen LogP contribution in [0.1, 0.15) is 30.1 Å². The van der Waals surface area contributed by atoms with E-state index in [0.717, 1.165) is 18.5 Å². The average molecular weight is 206 g/mol. The van der Waals surface area contributed by atoms with Gasteiger partial charge in [0.05, 0.1) is 11.3 Å². The molecule has 0 bridgehead atoms. The molecule has 0 heterocycles. The highest BCUT2D eigenvalue weighted by Gasteiger charge is 2.00. The number of unbranched alkanes of at least 4 members (excludes halogenated alkanes) is 1. The molecule has 0 aliphatic heterocycles. The molecule has 0 aliphatic carbocycles. The van der Waals surface area contributed by atoms with Gasteiger partial charge in [0.1, 0.15) is 0 Å². The molecule has 4 nitrogen and oxygen atoms in total. The van der Waals surface area contributed by atoms with Gasteiger partial charge < -0.3 is 5.11 Å². The number of benzene rings is 1. The lowest BCUT2D eigenvalue weighted by molar-refractivity contribution is 0.0697. The van der Waals surface area contributed by atoms with E-state index in [9.17, 15) is 4.79 Å². The number of carboxylic acids is 1. The Labute approximate surface area is 88.6 Å². The maximum absolute atomic E-state index is 10.6. The molecule has 4 heteroatoms. The first-order valence-corrected chi connectivity index (χ1v) is 4.85. The predicted octanol–water partition coefficient (Wildman–Crippen LogP) is 2.58. The number of nitrogens with zero attached hydrogens (tertiary/aromatic N) is 1. The summed E-state index contributed by atoms with van der Waals surface area (Å²) >= 11 is 0. The second kappa shape index (κ2) is 5.80. The third-order valence-corrected chi connectivity index (χ3v) is 1.83. The van der Waals surface area contributed by atoms with Crippen molar-refractivity contribution in [3.05, 3.63) is 29.8 Å². The Morgan fingerprint density at radius 1 is 1.47 bits per heavy atom. The highest BCUT2D eigenvalue weighted by Crippen LogP contribution is 2.09. The van der Waals surface area contributed by atoms with Crippen molar-refractivity contribution in [1.82, 2.24) is 0 Å². The molecule has 0 atom stereocenters. The Morgan fingerprint density at radius 2 is 2.13 bits per heavy atom. The quantitative estimate of drug-likeness (QED) is 0.575. The van der Waals surface area contributed by atoms with Crippen molar-refractivity contribution in [1.29, 1.82) is 0 Å². The molecule has 0 amide bonds. The third-order valence-electron chi connectivity index (χ3n) is 1.83. The highest BCUT2D eigenvalue weighted by molar-refractivity contribution is 5.88. The number of aromatic carboxylic acids is 1. The average Bonchev–Trinajstić information content (AvgIpc) is 2.25. The molecule has 0 fully saturated rings. The standard InChI is InChI=1S/C11H14N2O2/c1-2-3-8-12-13-10-6-4-9(5-7-10)11(14)15/h4-8,13H,2-3H2,1H3,(H,14,15)/b12-8+. The second-order valence-corrected chi connectivity index (χ2v) is 3.09. The van der Waals surface area contributed by atoms with Crippen LogP contribution in [0.2, 0.25) is 0 Å². The van der Waals surface area contributed by atoms with E-state index in [4.69, 9.17) is 5.11 Å². The Kier molecular flexibility index (Phi) is 4.34. The van der Waals surface area contributed by atoms with Crippen LogP contribution in [0.25, 0.3) is 0 Å². The van der Waals surface area contributed by atoms with Gasteiger partial charge in [-0.15, -0.1) is 0 Å². The van der Waals surface area contributed by atoms with E-state index < -0.39 is 5.97 Å². The van der Waals surface area contributed by atoms with Crippen LogP contribution in [-0.2, 0) is 0 Å². The first-order chi connectivity index (χ1) is 7.24. The molecular weight excluding hydrogens is 192 g/mol. The van der Waals surface area contributed by atoms with Gasteiger partial charge in [-0.25, -0.2) is 4.79 Å². The van der Waals surface area contributed by atoms with Gasteiger partial charge in [-0.2, -0.15) is 5.10 Å². The van der Waals surface area contributed by atoms with E-state index in [-0.39, 0.29) is 5.56 Å². The van der Waals surface area contributed by atoms with Gasteiger partial charge in [0, 0.05) is 6.21 Å². The second-order valence-electron chi connectivity index (χ2n) is 3.09. The molecule has 0 aliphatic rings. The SMILES string of the molecule is CCC/C=N/Nc1ccc(C(=O)O)cc1. The van der Waals surface area contributed by atoms with Crippen LogP contribution < -0.4 is 5.43 Å². The molecule has 0 saturated carbocycles. The van der Waals surface area contributed by atoms with E-state index in [1.165, 1.54) is 0 Å². The molecule has 80 valence electrons. The summed E-state index contributed by atoms with van der Waals surface area (Å²) in [6.07, 6.45) is 3.79. The lowest BCUT2D eigenvalue weighted by atomic mass is 10.2. The zero-order valence-electron chi connectivity index (χ0n) is 8.60. The lowest BCUT2D eigenvalue weighted by Gasteiger charge is -2.00. The maximum Gasteiger partial charge on any atom is 0.335 e.